The molecule has 0 aliphatic rings. The number of unbranched alkanes of at least 4 members (excludes halogenated alkanes) is 5. The molecule has 0 aliphatic carbocycles. The summed E-state index contributed by atoms with van der Waals surface area (Å²) in [5, 5.41) is 0. The fourth-order valence-electron chi connectivity index (χ4n) is 3.07. The first-order valence-electron chi connectivity index (χ1n) is 9.66. The molecule has 2 N–H and O–H groups in total. The number of ether oxygens (including phenoxy) is 2. The van der Waals surface area contributed by atoms with Crippen molar-refractivity contribution in [2.45, 2.75) is 77.7 Å². The number of carbonyl (C=O) groups excluding carboxylic acids is 1. The molecule has 4 nitrogen and oxygen atoms in total. The standard InChI is InChI=1S/C21H35NO3/c1-5-8-9-10-11-12-13-17-14-15-19(24-4)18(16-17)21(22,6-2)20(23)25-7-3/h14-16H,5-13,22H2,1-4H3. The van der Waals surface area contributed by atoms with Crippen molar-refractivity contribution in [3.8, 4) is 5.75 Å². The summed E-state index contributed by atoms with van der Waals surface area (Å²) in [7, 11) is 1.60. The molecule has 0 heterocycles. The number of hydrogen-bond donors (Lipinski definition) is 1. The van der Waals surface area contributed by atoms with Gasteiger partial charge < -0.3 is 15.2 Å². The summed E-state index contributed by atoms with van der Waals surface area (Å²) >= 11 is 0. The SMILES string of the molecule is CCCCCCCCc1ccc(OC)c(C(N)(CC)C(=O)OCC)c1. The van der Waals surface area contributed by atoms with Crippen LogP contribution in [-0.4, -0.2) is 19.7 Å². The molecule has 1 rings (SSSR count). The summed E-state index contributed by atoms with van der Waals surface area (Å²) in [5.41, 5.74) is 7.20. The van der Waals surface area contributed by atoms with Crippen LogP contribution in [-0.2, 0) is 21.5 Å². The van der Waals surface area contributed by atoms with Gasteiger partial charge in [-0.15, -0.1) is 0 Å². The van der Waals surface area contributed by atoms with Gasteiger partial charge in [0.1, 0.15) is 11.3 Å². The van der Waals surface area contributed by atoms with E-state index >= 15 is 0 Å². The topological polar surface area (TPSA) is 61.5 Å². The average Bonchev–Trinajstić information content (AvgIpc) is 2.63. The Hall–Kier alpha value is -1.55. The third-order valence-electron chi connectivity index (χ3n) is 4.76. The van der Waals surface area contributed by atoms with Crippen molar-refractivity contribution >= 4 is 5.97 Å². The van der Waals surface area contributed by atoms with E-state index in [1.807, 2.05) is 19.1 Å². The molecule has 1 aromatic carbocycles. The van der Waals surface area contributed by atoms with Crippen molar-refractivity contribution in [2.75, 3.05) is 13.7 Å². The van der Waals surface area contributed by atoms with E-state index in [1.165, 1.54) is 37.7 Å². The Balaban J connectivity index is 2.88. The number of methoxy groups -OCH3 is 1. The van der Waals surface area contributed by atoms with Crippen molar-refractivity contribution in [3.05, 3.63) is 29.3 Å². The molecule has 0 radical (unpaired) electrons. The van der Waals surface area contributed by atoms with Crippen LogP contribution in [0.4, 0.5) is 0 Å². The number of esters is 1. The summed E-state index contributed by atoms with van der Waals surface area (Å²) in [6.45, 7) is 6.24. The Morgan fingerprint density at radius 1 is 1.08 bits per heavy atom. The Morgan fingerprint density at radius 3 is 2.36 bits per heavy atom. The van der Waals surface area contributed by atoms with Crippen LogP contribution >= 0.6 is 0 Å². The van der Waals surface area contributed by atoms with E-state index < -0.39 is 11.5 Å². The number of carbonyl (C=O) groups is 1. The zero-order chi connectivity index (χ0) is 18.7. The van der Waals surface area contributed by atoms with E-state index in [4.69, 9.17) is 15.2 Å². The molecule has 0 amide bonds. The first-order chi connectivity index (χ1) is 12.0. The van der Waals surface area contributed by atoms with Gasteiger partial charge in [-0.3, -0.25) is 0 Å². The molecular formula is C21H35NO3. The maximum atomic E-state index is 12.4. The van der Waals surface area contributed by atoms with Crippen molar-refractivity contribution < 1.29 is 14.3 Å². The summed E-state index contributed by atoms with van der Waals surface area (Å²) in [6, 6.07) is 6.00. The number of rotatable bonds is 12. The number of aryl methyl sites for hydroxylation is 1. The van der Waals surface area contributed by atoms with Gasteiger partial charge in [-0.1, -0.05) is 52.0 Å². The van der Waals surface area contributed by atoms with Crippen molar-refractivity contribution in [1.29, 1.82) is 0 Å². The third kappa shape index (κ3) is 6.03. The molecule has 25 heavy (non-hydrogen) atoms. The highest BCUT2D eigenvalue weighted by molar-refractivity contribution is 5.83. The van der Waals surface area contributed by atoms with E-state index in [0.717, 1.165) is 18.4 Å². The van der Waals surface area contributed by atoms with Crippen molar-refractivity contribution in [2.24, 2.45) is 5.73 Å². The quantitative estimate of drug-likeness (QED) is 0.438. The summed E-state index contributed by atoms with van der Waals surface area (Å²) in [6.07, 6.45) is 9.03. The molecule has 0 saturated heterocycles. The molecule has 1 unspecified atom stereocenters. The minimum Gasteiger partial charge on any atom is -0.496 e. The smallest absolute Gasteiger partial charge is 0.330 e. The molecule has 0 spiro atoms. The Labute approximate surface area is 153 Å². The van der Waals surface area contributed by atoms with E-state index in [9.17, 15) is 4.79 Å². The van der Waals surface area contributed by atoms with Crippen LogP contribution in [0.25, 0.3) is 0 Å². The van der Waals surface area contributed by atoms with Crippen LogP contribution in [0, 0.1) is 0 Å². The van der Waals surface area contributed by atoms with Crippen LogP contribution < -0.4 is 10.5 Å². The fourth-order valence-corrected chi connectivity index (χ4v) is 3.07. The van der Waals surface area contributed by atoms with E-state index in [1.54, 1.807) is 14.0 Å². The lowest BCUT2D eigenvalue weighted by Gasteiger charge is -2.28. The van der Waals surface area contributed by atoms with E-state index in [-0.39, 0.29) is 0 Å². The third-order valence-corrected chi connectivity index (χ3v) is 4.76. The number of hydrogen-bond acceptors (Lipinski definition) is 4. The maximum Gasteiger partial charge on any atom is 0.330 e. The number of nitrogens with two attached hydrogens (primary N) is 1. The summed E-state index contributed by atoms with van der Waals surface area (Å²) in [4.78, 5) is 12.4. The highest BCUT2D eigenvalue weighted by Gasteiger charge is 2.38. The van der Waals surface area contributed by atoms with Crippen LogP contribution in [0.15, 0.2) is 18.2 Å². The van der Waals surface area contributed by atoms with Gasteiger partial charge in [-0.25, -0.2) is 4.79 Å². The van der Waals surface area contributed by atoms with Crippen LogP contribution in [0.2, 0.25) is 0 Å². The largest absolute Gasteiger partial charge is 0.496 e. The van der Waals surface area contributed by atoms with Crippen LogP contribution in [0.5, 0.6) is 5.75 Å². The van der Waals surface area contributed by atoms with Crippen LogP contribution in [0.3, 0.4) is 0 Å². The first kappa shape index (κ1) is 21.5. The minimum absolute atomic E-state index is 0.317. The lowest BCUT2D eigenvalue weighted by molar-refractivity contribution is -0.150. The maximum absolute atomic E-state index is 12.4. The molecule has 142 valence electrons. The van der Waals surface area contributed by atoms with E-state index in [0.29, 0.717) is 18.8 Å². The predicted octanol–water partition coefficient (Wildman–Crippen LogP) is 4.73. The zero-order valence-electron chi connectivity index (χ0n) is 16.4. The van der Waals surface area contributed by atoms with Gasteiger partial charge in [0.15, 0.2) is 0 Å². The fraction of sp³-hybridized carbons (Fsp3) is 0.667. The van der Waals surface area contributed by atoms with Gasteiger partial charge in [0.05, 0.1) is 13.7 Å². The molecule has 0 fully saturated rings. The number of benzene rings is 1. The van der Waals surface area contributed by atoms with Gasteiger partial charge in [-0.2, -0.15) is 0 Å². The van der Waals surface area contributed by atoms with Crippen molar-refractivity contribution in [1.82, 2.24) is 0 Å². The molecule has 0 bridgehead atoms. The van der Waals surface area contributed by atoms with Crippen molar-refractivity contribution in [3.63, 3.8) is 0 Å². The minimum atomic E-state index is -1.17. The van der Waals surface area contributed by atoms with Gasteiger partial charge in [0.25, 0.3) is 0 Å². The van der Waals surface area contributed by atoms with Gasteiger partial charge in [0, 0.05) is 5.56 Å². The zero-order valence-corrected chi connectivity index (χ0v) is 16.4. The highest BCUT2D eigenvalue weighted by atomic mass is 16.5. The lowest BCUT2D eigenvalue weighted by atomic mass is 9.86. The first-order valence-corrected chi connectivity index (χ1v) is 9.66. The Kier molecular flexibility index (Phi) is 9.58. The second-order valence-corrected chi connectivity index (χ2v) is 6.60. The van der Waals surface area contributed by atoms with Crippen LogP contribution in [0.1, 0.15) is 76.8 Å². The molecule has 0 aliphatic heterocycles. The summed E-state index contributed by atoms with van der Waals surface area (Å²) < 4.78 is 10.7. The van der Waals surface area contributed by atoms with Gasteiger partial charge in [-0.05, 0) is 43.9 Å². The predicted molar refractivity (Wildman–Crippen MR) is 103 cm³/mol. The molecule has 4 heteroatoms. The normalized spacial score (nSPS) is 13.3. The molecule has 1 atom stereocenters. The summed E-state index contributed by atoms with van der Waals surface area (Å²) in [5.74, 6) is 0.247. The molecule has 0 aromatic heterocycles. The highest BCUT2D eigenvalue weighted by Crippen LogP contribution is 2.33. The van der Waals surface area contributed by atoms with Gasteiger partial charge >= 0.3 is 5.97 Å². The van der Waals surface area contributed by atoms with Gasteiger partial charge in [0.2, 0.25) is 0 Å². The average molecular weight is 350 g/mol. The lowest BCUT2D eigenvalue weighted by Crippen LogP contribution is -2.46. The Morgan fingerprint density at radius 2 is 1.76 bits per heavy atom. The molecule has 0 saturated carbocycles. The second-order valence-electron chi connectivity index (χ2n) is 6.60. The van der Waals surface area contributed by atoms with E-state index in [2.05, 4.69) is 13.0 Å². The Bertz CT molecular complexity index is 530. The second kappa shape index (κ2) is 11.1. The molecular weight excluding hydrogens is 314 g/mol. The monoisotopic (exact) mass is 349 g/mol. The molecule has 1 aromatic rings.